The summed E-state index contributed by atoms with van der Waals surface area (Å²) in [6.07, 6.45) is 1.37. The minimum Gasteiger partial charge on any atom is -0.458 e. The molecule has 24 heavy (non-hydrogen) atoms. The molecule has 0 aromatic heterocycles. The highest BCUT2D eigenvalue weighted by Gasteiger charge is 2.26. The first kappa shape index (κ1) is 17.2. The van der Waals surface area contributed by atoms with Gasteiger partial charge in [-0.1, -0.05) is 6.07 Å². The smallest absolute Gasteiger partial charge is 0.309 e. The van der Waals surface area contributed by atoms with E-state index in [4.69, 9.17) is 14.2 Å². The summed E-state index contributed by atoms with van der Waals surface area (Å²) in [5, 5.41) is 0. The van der Waals surface area contributed by atoms with E-state index >= 15 is 0 Å². The molecule has 0 spiro atoms. The molecule has 2 aliphatic rings. The molecule has 0 aliphatic carbocycles. The number of carbonyl (C=O) groups is 1. The summed E-state index contributed by atoms with van der Waals surface area (Å²) < 4.78 is 30.7. The van der Waals surface area contributed by atoms with Gasteiger partial charge in [0.15, 0.2) is 0 Å². The molecular formula is C18H24FNO4. The van der Waals surface area contributed by atoms with Gasteiger partial charge in [0.1, 0.15) is 11.9 Å². The van der Waals surface area contributed by atoms with E-state index in [1.807, 2.05) is 6.07 Å². The average molecular weight is 337 g/mol. The predicted octanol–water partition coefficient (Wildman–Crippen LogP) is 2.84. The SMILES string of the molecule is C[C@@H](OC(=O)C[C@@H]1CCCO1)c1c(F)cccc1N1CCOCC1. The standard InChI is InChI=1S/C18H24FNO4/c1-13(24-17(21)12-14-4-3-9-23-14)18-15(19)5-2-6-16(18)20-7-10-22-11-8-20/h2,5-6,13-14H,3-4,7-12H2,1H3/t13-,14+/m1/s1. The summed E-state index contributed by atoms with van der Waals surface area (Å²) in [7, 11) is 0. The Kier molecular flexibility index (Phi) is 5.68. The van der Waals surface area contributed by atoms with Crippen LogP contribution >= 0.6 is 0 Å². The van der Waals surface area contributed by atoms with Crippen LogP contribution in [0.3, 0.4) is 0 Å². The molecule has 2 heterocycles. The van der Waals surface area contributed by atoms with Gasteiger partial charge < -0.3 is 19.1 Å². The molecule has 6 heteroatoms. The third-order valence-electron chi connectivity index (χ3n) is 4.51. The molecule has 0 amide bonds. The van der Waals surface area contributed by atoms with Gasteiger partial charge in [0.25, 0.3) is 0 Å². The van der Waals surface area contributed by atoms with Crippen molar-refractivity contribution in [1.82, 2.24) is 0 Å². The van der Waals surface area contributed by atoms with Crippen LogP contribution in [-0.2, 0) is 19.0 Å². The van der Waals surface area contributed by atoms with Crippen molar-refractivity contribution in [2.75, 3.05) is 37.8 Å². The van der Waals surface area contributed by atoms with Gasteiger partial charge >= 0.3 is 5.97 Å². The van der Waals surface area contributed by atoms with Crippen LogP contribution < -0.4 is 4.90 Å². The maximum absolute atomic E-state index is 14.4. The van der Waals surface area contributed by atoms with Crippen molar-refractivity contribution < 1.29 is 23.4 Å². The molecule has 0 unspecified atom stereocenters. The number of nitrogens with zero attached hydrogens (tertiary/aromatic N) is 1. The van der Waals surface area contributed by atoms with Crippen LogP contribution in [0.25, 0.3) is 0 Å². The maximum atomic E-state index is 14.4. The van der Waals surface area contributed by atoms with Crippen molar-refractivity contribution in [3.8, 4) is 0 Å². The lowest BCUT2D eigenvalue weighted by molar-refractivity contribution is -0.151. The van der Waals surface area contributed by atoms with E-state index < -0.39 is 6.10 Å². The number of anilines is 1. The largest absolute Gasteiger partial charge is 0.458 e. The Morgan fingerprint density at radius 1 is 1.38 bits per heavy atom. The summed E-state index contributed by atoms with van der Waals surface area (Å²) in [6.45, 7) is 5.05. The van der Waals surface area contributed by atoms with E-state index in [1.54, 1.807) is 13.0 Å². The molecule has 132 valence electrons. The Hall–Kier alpha value is -1.66. The van der Waals surface area contributed by atoms with E-state index in [9.17, 15) is 9.18 Å². The van der Waals surface area contributed by atoms with Gasteiger partial charge in [-0.2, -0.15) is 0 Å². The number of hydrogen-bond acceptors (Lipinski definition) is 5. The van der Waals surface area contributed by atoms with Crippen LogP contribution in [-0.4, -0.2) is 45.0 Å². The fraction of sp³-hybridized carbons (Fsp3) is 0.611. The Morgan fingerprint density at radius 2 is 2.17 bits per heavy atom. The average Bonchev–Trinajstić information content (AvgIpc) is 3.08. The quantitative estimate of drug-likeness (QED) is 0.773. The molecule has 1 aromatic carbocycles. The van der Waals surface area contributed by atoms with Crippen molar-refractivity contribution in [3.63, 3.8) is 0 Å². The number of halogens is 1. The monoisotopic (exact) mass is 337 g/mol. The van der Waals surface area contributed by atoms with Crippen LogP contribution in [0.5, 0.6) is 0 Å². The second kappa shape index (κ2) is 7.94. The van der Waals surface area contributed by atoms with Gasteiger partial charge in [0, 0.05) is 25.4 Å². The van der Waals surface area contributed by atoms with Gasteiger partial charge in [0.2, 0.25) is 0 Å². The van der Waals surface area contributed by atoms with Crippen molar-refractivity contribution in [3.05, 3.63) is 29.6 Å². The fourth-order valence-electron chi connectivity index (χ4n) is 3.30. The van der Waals surface area contributed by atoms with Crippen molar-refractivity contribution in [2.24, 2.45) is 0 Å². The number of morpholine rings is 1. The number of hydrogen-bond donors (Lipinski definition) is 0. The molecule has 0 saturated carbocycles. The summed E-state index contributed by atoms with van der Waals surface area (Å²) >= 11 is 0. The van der Waals surface area contributed by atoms with Gasteiger partial charge in [0.05, 0.1) is 31.3 Å². The predicted molar refractivity (Wildman–Crippen MR) is 87.5 cm³/mol. The van der Waals surface area contributed by atoms with Crippen molar-refractivity contribution in [2.45, 2.75) is 38.4 Å². The molecular weight excluding hydrogens is 313 g/mol. The van der Waals surface area contributed by atoms with E-state index in [1.165, 1.54) is 6.07 Å². The molecule has 2 saturated heterocycles. The Morgan fingerprint density at radius 3 is 2.88 bits per heavy atom. The number of rotatable bonds is 5. The summed E-state index contributed by atoms with van der Waals surface area (Å²) in [5.74, 6) is -0.693. The lowest BCUT2D eigenvalue weighted by Crippen LogP contribution is -2.37. The number of benzene rings is 1. The van der Waals surface area contributed by atoms with Gasteiger partial charge in [-0.05, 0) is 31.9 Å². The normalized spacial score (nSPS) is 22.4. The van der Waals surface area contributed by atoms with Crippen molar-refractivity contribution >= 4 is 11.7 Å². The number of carbonyl (C=O) groups excluding carboxylic acids is 1. The van der Waals surface area contributed by atoms with Crippen LogP contribution in [0.2, 0.25) is 0 Å². The van der Waals surface area contributed by atoms with Gasteiger partial charge in [-0.3, -0.25) is 4.79 Å². The van der Waals surface area contributed by atoms with Crippen LogP contribution in [0.4, 0.5) is 10.1 Å². The van der Waals surface area contributed by atoms with Crippen LogP contribution in [0.1, 0.15) is 37.9 Å². The zero-order chi connectivity index (χ0) is 16.9. The number of ether oxygens (including phenoxy) is 3. The Labute approximate surface area is 141 Å². The maximum Gasteiger partial charge on any atom is 0.309 e. The van der Waals surface area contributed by atoms with Crippen molar-refractivity contribution in [1.29, 1.82) is 0 Å². The second-order valence-electron chi connectivity index (χ2n) is 6.24. The summed E-state index contributed by atoms with van der Waals surface area (Å²) in [5.41, 5.74) is 1.20. The molecule has 0 radical (unpaired) electrons. The zero-order valence-electron chi connectivity index (χ0n) is 14.0. The lowest BCUT2D eigenvalue weighted by Gasteiger charge is -2.32. The Balaban J connectivity index is 1.70. The van der Waals surface area contributed by atoms with E-state index in [-0.39, 0.29) is 24.3 Å². The minimum absolute atomic E-state index is 0.0657. The second-order valence-corrected chi connectivity index (χ2v) is 6.24. The third-order valence-corrected chi connectivity index (χ3v) is 4.51. The highest BCUT2D eigenvalue weighted by Crippen LogP contribution is 2.32. The summed E-state index contributed by atoms with van der Waals surface area (Å²) in [4.78, 5) is 14.2. The van der Waals surface area contributed by atoms with Gasteiger partial charge in [-0.25, -0.2) is 4.39 Å². The highest BCUT2D eigenvalue weighted by atomic mass is 19.1. The summed E-state index contributed by atoms with van der Waals surface area (Å²) in [6, 6.07) is 4.96. The topological polar surface area (TPSA) is 48.0 Å². The third kappa shape index (κ3) is 4.05. The molecule has 2 fully saturated rings. The first-order chi connectivity index (χ1) is 11.6. The van der Waals surface area contributed by atoms with E-state index in [0.29, 0.717) is 38.5 Å². The zero-order valence-corrected chi connectivity index (χ0v) is 14.0. The number of esters is 1. The van der Waals surface area contributed by atoms with E-state index in [0.717, 1.165) is 18.5 Å². The first-order valence-corrected chi connectivity index (χ1v) is 8.57. The molecule has 5 nitrogen and oxygen atoms in total. The molecule has 0 bridgehead atoms. The van der Waals surface area contributed by atoms with Gasteiger partial charge in [-0.15, -0.1) is 0 Å². The molecule has 0 N–H and O–H groups in total. The Bertz CT molecular complexity index is 568. The highest BCUT2D eigenvalue weighted by molar-refractivity contribution is 5.71. The van der Waals surface area contributed by atoms with E-state index in [2.05, 4.69) is 4.90 Å². The molecule has 1 aromatic rings. The molecule has 2 atom stereocenters. The molecule has 2 aliphatic heterocycles. The van der Waals surface area contributed by atoms with Crippen LogP contribution in [0.15, 0.2) is 18.2 Å². The minimum atomic E-state index is -0.641. The fourth-order valence-corrected chi connectivity index (χ4v) is 3.30. The molecule has 3 rings (SSSR count). The lowest BCUT2D eigenvalue weighted by atomic mass is 10.1. The van der Waals surface area contributed by atoms with Crippen LogP contribution in [0, 0.1) is 5.82 Å². The first-order valence-electron chi connectivity index (χ1n) is 8.57.